The summed E-state index contributed by atoms with van der Waals surface area (Å²) >= 11 is 0. The molecule has 0 spiro atoms. The Labute approximate surface area is 166 Å². The number of methoxy groups -OCH3 is 1. The van der Waals surface area contributed by atoms with Crippen molar-refractivity contribution in [2.24, 2.45) is 0 Å². The molecule has 7 heteroatoms. The van der Waals surface area contributed by atoms with Crippen LogP contribution in [0.3, 0.4) is 0 Å². The first-order valence-corrected chi connectivity index (χ1v) is 11.0. The maximum atomic E-state index is 12.0. The minimum atomic E-state index is -3.29. The second kappa shape index (κ2) is 11.5. The van der Waals surface area contributed by atoms with Crippen molar-refractivity contribution in [3.63, 3.8) is 0 Å². The standard InChI is InChI=1S/C21H26O6S/c1-25-20-10-8-19(9-11-20)21(22)27-15-17-28(23,24)16-5-13-26-14-12-18-6-3-2-4-7-18/h2-4,6-11H,5,12-17H2,1H3. The minimum Gasteiger partial charge on any atom is -0.497 e. The lowest BCUT2D eigenvalue weighted by Gasteiger charge is -2.07. The average Bonchev–Trinajstić information content (AvgIpc) is 2.71. The fourth-order valence-electron chi connectivity index (χ4n) is 2.49. The van der Waals surface area contributed by atoms with Crippen molar-refractivity contribution in [1.29, 1.82) is 0 Å². The second-order valence-corrected chi connectivity index (χ2v) is 8.52. The summed E-state index contributed by atoms with van der Waals surface area (Å²) in [6, 6.07) is 16.4. The Bertz CT molecular complexity index is 816. The van der Waals surface area contributed by atoms with E-state index in [2.05, 4.69) is 0 Å². The molecule has 0 N–H and O–H groups in total. The molecule has 152 valence electrons. The number of esters is 1. The van der Waals surface area contributed by atoms with E-state index in [1.165, 1.54) is 12.7 Å². The van der Waals surface area contributed by atoms with Gasteiger partial charge in [0.05, 0.1) is 30.8 Å². The first-order chi connectivity index (χ1) is 13.5. The summed E-state index contributed by atoms with van der Waals surface area (Å²) in [6.45, 7) is 0.781. The molecule has 0 heterocycles. The molecular weight excluding hydrogens is 380 g/mol. The fraction of sp³-hybridized carbons (Fsp3) is 0.381. The highest BCUT2D eigenvalue weighted by atomic mass is 32.2. The monoisotopic (exact) mass is 406 g/mol. The van der Waals surface area contributed by atoms with Crippen molar-refractivity contribution in [2.45, 2.75) is 12.8 Å². The summed E-state index contributed by atoms with van der Waals surface area (Å²) in [5, 5.41) is 0. The number of benzene rings is 2. The molecule has 0 aliphatic carbocycles. The van der Waals surface area contributed by atoms with Gasteiger partial charge in [0, 0.05) is 6.61 Å². The van der Waals surface area contributed by atoms with Crippen LogP contribution in [-0.4, -0.2) is 52.8 Å². The quantitative estimate of drug-likeness (QED) is 0.398. The van der Waals surface area contributed by atoms with Crippen LogP contribution in [0.4, 0.5) is 0 Å². The third-order valence-electron chi connectivity index (χ3n) is 4.08. The Hall–Kier alpha value is -2.38. The van der Waals surface area contributed by atoms with Crippen molar-refractivity contribution in [2.75, 3.05) is 38.4 Å². The summed E-state index contributed by atoms with van der Waals surface area (Å²) in [5.41, 5.74) is 1.54. The molecule has 0 fully saturated rings. The molecule has 0 saturated heterocycles. The molecule has 6 nitrogen and oxygen atoms in total. The van der Waals surface area contributed by atoms with E-state index in [4.69, 9.17) is 14.2 Å². The zero-order valence-electron chi connectivity index (χ0n) is 16.0. The minimum absolute atomic E-state index is 0.0123. The number of ether oxygens (including phenoxy) is 3. The van der Waals surface area contributed by atoms with Gasteiger partial charge in [0.2, 0.25) is 0 Å². The third kappa shape index (κ3) is 8.10. The molecule has 0 aliphatic rings. The lowest BCUT2D eigenvalue weighted by atomic mass is 10.2. The largest absolute Gasteiger partial charge is 0.497 e. The SMILES string of the molecule is COc1ccc(C(=O)OCCS(=O)(=O)CCCOCCc2ccccc2)cc1. The summed E-state index contributed by atoms with van der Waals surface area (Å²) in [5.74, 6) is -0.107. The van der Waals surface area contributed by atoms with Crippen LogP contribution < -0.4 is 4.74 Å². The van der Waals surface area contributed by atoms with E-state index in [1.807, 2.05) is 30.3 Å². The summed E-state index contributed by atoms with van der Waals surface area (Å²) in [7, 11) is -1.75. The molecule has 2 aromatic rings. The smallest absolute Gasteiger partial charge is 0.338 e. The van der Waals surface area contributed by atoms with E-state index in [-0.39, 0.29) is 18.1 Å². The second-order valence-electron chi connectivity index (χ2n) is 6.22. The maximum Gasteiger partial charge on any atom is 0.338 e. The van der Waals surface area contributed by atoms with Crippen molar-refractivity contribution in [3.05, 3.63) is 65.7 Å². The van der Waals surface area contributed by atoms with Gasteiger partial charge in [-0.25, -0.2) is 13.2 Å². The molecule has 0 saturated carbocycles. The molecule has 2 rings (SSSR count). The predicted octanol–water partition coefficient (Wildman–Crippen LogP) is 2.92. The van der Waals surface area contributed by atoms with E-state index in [0.29, 0.717) is 30.9 Å². The van der Waals surface area contributed by atoms with E-state index in [9.17, 15) is 13.2 Å². The highest BCUT2D eigenvalue weighted by molar-refractivity contribution is 7.91. The normalized spacial score (nSPS) is 11.2. The maximum absolute atomic E-state index is 12.0. The number of rotatable bonds is 12. The Balaban J connectivity index is 1.59. The Kier molecular flexibility index (Phi) is 8.97. The molecule has 0 atom stereocenters. The fourth-order valence-corrected chi connectivity index (χ4v) is 3.59. The highest BCUT2D eigenvalue weighted by Crippen LogP contribution is 2.12. The van der Waals surface area contributed by atoms with Gasteiger partial charge in [-0.15, -0.1) is 0 Å². The molecule has 28 heavy (non-hydrogen) atoms. The number of sulfone groups is 1. The lowest BCUT2D eigenvalue weighted by molar-refractivity contribution is 0.0529. The van der Waals surface area contributed by atoms with Crippen LogP contribution in [0.15, 0.2) is 54.6 Å². The molecule has 2 aromatic carbocycles. The van der Waals surface area contributed by atoms with E-state index in [0.717, 1.165) is 6.42 Å². The average molecular weight is 407 g/mol. The first-order valence-electron chi connectivity index (χ1n) is 9.13. The lowest BCUT2D eigenvalue weighted by Crippen LogP contribution is -2.19. The van der Waals surface area contributed by atoms with Crippen molar-refractivity contribution in [3.8, 4) is 5.75 Å². The van der Waals surface area contributed by atoms with Gasteiger partial charge < -0.3 is 14.2 Å². The molecule has 0 unspecified atom stereocenters. The Morgan fingerprint density at radius 2 is 1.61 bits per heavy atom. The van der Waals surface area contributed by atoms with Crippen molar-refractivity contribution >= 4 is 15.8 Å². The number of carbonyl (C=O) groups excluding carboxylic acids is 1. The summed E-state index contributed by atoms with van der Waals surface area (Å²) in [4.78, 5) is 11.9. The van der Waals surface area contributed by atoms with Crippen LogP contribution in [0, 0.1) is 0 Å². The Morgan fingerprint density at radius 3 is 2.29 bits per heavy atom. The number of hydrogen-bond donors (Lipinski definition) is 0. The van der Waals surface area contributed by atoms with Gasteiger partial charge in [0.1, 0.15) is 12.4 Å². The summed E-state index contributed by atoms with van der Waals surface area (Å²) < 4.78 is 39.6. The number of carbonyl (C=O) groups is 1. The molecule has 0 radical (unpaired) electrons. The van der Waals surface area contributed by atoms with Crippen LogP contribution in [0.1, 0.15) is 22.3 Å². The van der Waals surface area contributed by atoms with Crippen LogP contribution in [0.25, 0.3) is 0 Å². The zero-order chi connectivity index (χ0) is 20.2. The molecule has 0 aromatic heterocycles. The molecule has 0 bridgehead atoms. The molecule has 0 amide bonds. The molecular formula is C21H26O6S. The Morgan fingerprint density at radius 1 is 0.893 bits per heavy atom. The molecule has 0 aliphatic heterocycles. The van der Waals surface area contributed by atoms with Crippen molar-refractivity contribution in [1.82, 2.24) is 0 Å². The summed E-state index contributed by atoms with van der Waals surface area (Å²) in [6.07, 6.45) is 1.22. The van der Waals surface area contributed by atoms with Crippen LogP contribution in [0.2, 0.25) is 0 Å². The van der Waals surface area contributed by atoms with Crippen LogP contribution >= 0.6 is 0 Å². The van der Waals surface area contributed by atoms with Gasteiger partial charge in [0.25, 0.3) is 0 Å². The van der Waals surface area contributed by atoms with Gasteiger partial charge in [-0.1, -0.05) is 30.3 Å². The zero-order valence-corrected chi connectivity index (χ0v) is 16.8. The van der Waals surface area contributed by atoms with Gasteiger partial charge >= 0.3 is 5.97 Å². The van der Waals surface area contributed by atoms with E-state index < -0.39 is 15.8 Å². The topological polar surface area (TPSA) is 78.9 Å². The predicted molar refractivity (Wildman–Crippen MR) is 108 cm³/mol. The van der Waals surface area contributed by atoms with Gasteiger partial charge in [-0.3, -0.25) is 0 Å². The van der Waals surface area contributed by atoms with Gasteiger partial charge in [-0.2, -0.15) is 0 Å². The van der Waals surface area contributed by atoms with Crippen LogP contribution in [-0.2, 0) is 25.7 Å². The number of hydrogen-bond acceptors (Lipinski definition) is 6. The van der Waals surface area contributed by atoms with E-state index >= 15 is 0 Å². The van der Waals surface area contributed by atoms with Gasteiger partial charge in [-0.05, 0) is 42.7 Å². The highest BCUT2D eigenvalue weighted by Gasteiger charge is 2.13. The van der Waals surface area contributed by atoms with Gasteiger partial charge in [0.15, 0.2) is 9.84 Å². The van der Waals surface area contributed by atoms with Crippen LogP contribution in [0.5, 0.6) is 5.75 Å². The van der Waals surface area contributed by atoms with E-state index in [1.54, 1.807) is 24.3 Å². The first kappa shape index (κ1) is 21.9. The van der Waals surface area contributed by atoms with Crippen molar-refractivity contribution < 1.29 is 27.4 Å². The third-order valence-corrected chi connectivity index (χ3v) is 5.77.